The molecule has 1 aromatic rings. The smallest absolute Gasteiger partial charge is 0.293 e. The highest BCUT2D eigenvalue weighted by Crippen LogP contribution is 2.24. The predicted molar refractivity (Wildman–Crippen MR) is 41.4 cm³/mol. The fraction of sp³-hybridized carbons (Fsp3) is 0.500. The van der Waals surface area contributed by atoms with Crippen molar-refractivity contribution in [1.29, 1.82) is 5.26 Å². The molecule has 4 heteroatoms. The summed E-state index contributed by atoms with van der Waals surface area (Å²) in [7, 11) is 0. The molecule has 0 bridgehead atoms. The molecule has 0 saturated heterocycles. The van der Waals surface area contributed by atoms with Crippen LogP contribution in [-0.2, 0) is 5.41 Å². The van der Waals surface area contributed by atoms with Crippen LogP contribution in [-0.4, -0.2) is 5.16 Å². The number of hydrogen-bond acceptors (Lipinski definition) is 4. The Morgan fingerprint density at radius 1 is 1.58 bits per heavy atom. The molecule has 0 atom stereocenters. The first-order valence-corrected chi connectivity index (χ1v) is 3.57. The summed E-state index contributed by atoms with van der Waals surface area (Å²) < 4.78 is 9.44. The zero-order valence-electron chi connectivity index (χ0n) is 7.29. The van der Waals surface area contributed by atoms with Crippen molar-refractivity contribution < 1.29 is 9.26 Å². The van der Waals surface area contributed by atoms with Crippen LogP contribution in [0.4, 0.5) is 0 Å². The molecule has 0 aromatic carbocycles. The number of nitrogens with zero attached hydrogens (tertiary/aromatic N) is 2. The van der Waals surface area contributed by atoms with E-state index in [0.29, 0.717) is 5.76 Å². The zero-order chi connectivity index (χ0) is 9.19. The van der Waals surface area contributed by atoms with Crippen molar-refractivity contribution in [2.24, 2.45) is 0 Å². The minimum Gasteiger partial charge on any atom is -0.364 e. The third kappa shape index (κ3) is 1.76. The monoisotopic (exact) mass is 166 g/mol. The van der Waals surface area contributed by atoms with E-state index in [2.05, 4.69) is 9.89 Å². The normalized spacial score (nSPS) is 10.8. The molecule has 0 fully saturated rings. The van der Waals surface area contributed by atoms with Gasteiger partial charge in [-0.1, -0.05) is 20.8 Å². The van der Waals surface area contributed by atoms with Crippen LogP contribution in [0.2, 0.25) is 0 Å². The highest BCUT2D eigenvalue weighted by Gasteiger charge is 2.20. The number of rotatable bonds is 1. The lowest BCUT2D eigenvalue weighted by Crippen LogP contribution is -2.09. The number of nitriles is 1. The molecule has 4 nitrogen and oxygen atoms in total. The lowest BCUT2D eigenvalue weighted by molar-refractivity contribution is 0.313. The molecule has 12 heavy (non-hydrogen) atoms. The van der Waals surface area contributed by atoms with Gasteiger partial charge in [0.25, 0.3) is 12.1 Å². The molecule has 0 radical (unpaired) electrons. The first kappa shape index (κ1) is 8.60. The fourth-order valence-corrected chi connectivity index (χ4v) is 0.707. The Morgan fingerprint density at radius 3 is 2.67 bits per heavy atom. The summed E-state index contributed by atoms with van der Waals surface area (Å²) in [6.07, 6.45) is 1.53. The van der Waals surface area contributed by atoms with Crippen LogP contribution in [0.15, 0.2) is 10.6 Å². The van der Waals surface area contributed by atoms with Gasteiger partial charge in [0, 0.05) is 11.5 Å². The Hall–Kier alpha value is -1.50. The van der Waals surface area contributed by atoms with Gasteiger partial charge in [-0.2, -0.15) is 0 Å². The first-order chi connectivity index (χ1) is 5.54. The summed E-state index contributed by atoms with van der Waals surface area (Å²) in [5, 5.41) is 11.7. The summed E-state index contributed by atoms with van der Waals surface area (Å²) >= 11 is 0. The van der Waals surface area contributed by atoms with Crippen LogP contribution in [0.25, 0.3) is 0 Å². The van der Waals surface area contributed by atoms with Crippen molar-refractivity contribution in [2.75, 3.05) is 0 Å². The van der Waals surface area contributed by atoms with E-state index in [1.807, 2.05) is 20.8 Å². The number of hydrogen-bond donors (Lipinski definition) is 0. The number of aromatic nitrogens is 1. The zero-order valence-corrected chi connectivity index (χ0v) is 7.29. The highest BCUT2D eigenvalue weighted by molar-refractivity contribution is 5.17. The number of ether oxygens (including phenoxy) is 1. The molecule has 1 aromatic heterocycles. The van der Waals surface area contributed by atoms with Crippen LogP contribution in [0, 0.1) is 11.5 Å². The summed E-state index contributed by atoms with van der Waals surface area (Å²) in [5.41, 5.74) is -0.107. The van der Waals surface area contributed by atoms with Crippen LogP contribution >= 0.6 is 0 Å². The molecule has 0 unspecified atom stereocenters. The average Bonchev–Trinajstić information content (AvgIpc) is 2.35. The van der Waals surface area contributed by atoms with Crippen LogP contribution in [0.1, 0.15) is 26.5 Å². The molecule has 0 saturated carbocycles. The van der Waals surface area contributed by atoms with Gasteiger partial charge < -0.3 is 9.26 Å². The van der Waals surface area contributed by atoms with Gasteiger partial charge in [0.1, 0.15) is 5.76 Å². The molecule has 64 valence electrons. The van der Waals surface area contributed by atoms with Gasteiger partial charge in [0.2, 0.25) is 0 Å². The van der Waals surface area contributed by atoms with E-state index in [-0.39, 0.29) is 11.3 Å². The van der Waals surface area contributed by atoms with E-state index in [1.165, 1.54) is 6.26 Å². The third-order valence-corrected chi connectivity index (χ3v) is 1.38. The Morgan fingerprint density at radius 2 is 2.25 bits per heavy atom. The summed E-state index contributed by atoms with van der Waals surface area (Å²) in [6, 6.07) is 1.61. The van der Waals surface area contributed by atoms with Crippen molar-refractivity contribution >= 4 is 0 Å². The Bertz CT molecular complexity index is 304. The minimum atomic E-state index is -0.107. The maximum atomic E-state index is 8.18. The molecule has 0 aliphatic carbocycles. The van der Waals surface area contributed by atoms with Crippen molar-refractivity contribution in [3.8, 4) is 12.1 Å². The molecule has 1 heterocycles. The van der Waals surface area contributed by atoms with Crippen LogP contribution in [0.5, 0.6) is 5.88 Å². The molecule has 0 N–H and O–H groups in total. The molecular weight excluding hydrogens is 156 g/mol. The lowest BCUT2D eigenvalue weighted by Gasteiger charge is -2.11. The third-order valence-electron chi connectivity index (χ3n) is 1.38. The second-order valence-corrected chi connectivity index (χ2v) is 3.47. The fourth-order valence-electron chi connectivity index (χ4n) is 0.707. The van der Waals surface area contributed by atoms with E-state index < -0.39 is 0 Å². The maximum absolute atomic E-state index is 8.18. The van der Waals surface area contributed by atoms with E-state index in [1.54, 1.807) is 6.07 Å². The van der Waals surface area contributed by atoms with Gasteiger partial charge in [0.15, 0.2) is 0 Å². The molecule has 0 spiro atoms. The Kier molecular flexibility index (Phi) is 2.05. The van der Waals surface area contributed by atoms with Crippen molar-refractivity contribution in [1.82, 2.24) is 5.16 Å². The van der Waals surface area contributed by atoms with Gasteiger partial charge in [-0.05, 0) is 5.16 Å². The highest BCUT2D eigenvalue weighted by atomic mass is 16.5. The summed E-state index contributed by atoms with van der Waals surface area (Å²) in [5.74, 6) is 0.912. The van der Waals surface area contributed by atoms with Gasteiger partial charge in [0.05, 0.1) is 0 Å². The Labute approximate surface area is 70.7 Å². The quantitative estimate of drug-likeness (QED) is 0.597. The van der Waals surface area contributed by atoms with E-state index in [4.69, 9.17) is 9.78 Å². The minimum absolute atomic E-state index is 0.107. The van der Waals surface area contributed by atoms with Crippen molar-refractivity contribution in [3.05, 3.63) is 11.8 Å². The summed E-state index contributed by atoms with van der Waals surface area (Å²) in [6.45, 7) is 5.97. The molecule has 1 rings (SSSR count). The van der Waals surface area contributed by atoms with Crippen LogP contribution < -0.4 is 4.74 Å². The second kappa shape index (κ2) is 2.86. The second-order valence-electron chi connectivity index (χ2n) is 3.47. The average molecular weight is 166 g/mol. The lowest BCUT2D eigenvalue weighted by atomic mass is 9.94. The summed E-state index contributed by atoms with van der Waals surface area (Å²) in [4.78, 5) is 0. The first-order valence-electron chi connectivity index (χ1n) is 3.57. The molecular formula is C8H10N2O2. The molecule has 0 aliphatic heterocycles. The largest absolute Gasteiger partial charge is 0.364 e. The topological polar surface area (TPSA) is 59.0 Å². The SMILES string of the molecule is CC(C)(C)c1cc(OC#N)no1. The maximum Gasteiger partial charge on any atom is 0.293 e. The van der Waals surface area contributed by atoms with Crippen molar-refractivity contribution in [2.45, 2.75) is 26.2 Å². The van der Waals surface area contributed by atoms with Crippen LogP contribution in [0.3, 0.4) is 0 Å². The van der Waals surface area contributed by atoms with E-state index >= 15 is 0 Å². The van der Waals surface area contributed by atoms with Gasteiger partial charge in [-0.25, -0.2) is 0 Å². The molecule has 0 aliphatic rings. The van der Waals surface area contributed by atoms with Gasteiger partial charge in [-0.3, -0.25) is 0 Å². The van der Waals surface area contributed by atoms with E-state index in [9.17, 15) is 0 Å². The van der Waals surface area contributed by atoms with Crippen molar-refractivity contribution in [3.63, 3.8) is 0 Å². The standard InChI is InChI=1S/C8H10N2O2/c1-8(2,3)6-4-7(10-12-6)11-5-9/h4H,1-3H3. The Balaban J connectivity index is 2.86. The predicted octanol–water partition coefficient (Wildman–Crippen LogP) is 1.83. The van der Waals surface area contributed by atoms with Gasteiger partial charge >= 0.3 is 0 Å². The molecule has 0 amide bonds. The van der Waals surface area contributed by atoms with E-state index in [0.717, 1.165) is 0 Å². The van der Waals surface area contributed by atoms with Gasteiger partial charge in [-0.15, -0.1) is 5.26 Å².